The summed E-state index contributed by atoms with van der Waals surface area (Å²) < 4.78 is 29.4. The van der Waals surface area contributed by atoms with Gasteiger partial charge in [-0.15, -0.1) is 21.5 Å². The highest BCUT2D eigenvalue weighted by atomic mass is 32.2. The zero-order valence-electron chi connectivity index (χ0n) is 11.7. The second-order valence-electron chi connectivity index (χ2n) is 5.19. The third-order valence-electron chi connectivity index (χ3n) is 3.90. The molecule has 1 aliphatic rings. The molecule has 0 N–H and O–H groups in total. The van der Waals surface area contributed by atoms with Gasteiger partial charge in [-0.2, -0.15) is 4.31 Å². The predicted octanol–water partition coefficient (Wildman–Crippen LogP) is 2.32. The lowest BCUT2D eigenvalue weighted by molar-refractivity contribution is 0.382. The number of pyridine rings is 1. The van der Waals surface area contributed by atoms with E-state index in [1.165, 1.54) is 11.3 Å². The number of hydrogen-bond acceptors (Lipinski definition) is 5. The number of fused-ring (bicyclic) bond motifs is 1. The van der Waals surface area contributed by atoms with E-state index in [-0.39, 0.29) is 6.04 Å². The molecule has 0 aliphatic carbocycles. The molecule has 0 saturated carbocycles. The average Bonchev–Trinajstić information content (AvgIpc) is 3.26. The van der Waals surface area contributed by atoms with Gasteiger partial charge in [-0.25, -0.2) is 8.42 Å². The standard InChI is InChI=1S/C14H14N4O2S2/c19-22(20,13-7-4-10-21-13)18-9-3-5-11(18)14-16-15-12-6-1-2-8-17(12)14/h1-2,4,6-8,10-11H,3,5,9H2. The van der Waals surface area contributed by atoms with Crippen molar-refractivity contribution >= 4 is 27.0 Å². The van der Waals surface area contributed by atoms with E-state index >= 15 is 0 Å². The summed E-state index contributed by atoms with van der Waals surface area (Å²) in [6.07, 6.45) is 3.47. The smallest absolute Gasteiger partial charge is 0.253 e. The lowest BCUT2D eigenvalue weighted by atomic mass is 10.2. The van der Waals surface area contributed by atoms with Crippen molar-refractivity contribution in [1.29, 1.82) is 0 Å². The second-order valence-corrected chi connectivity index (χ2v) is 8.26. The number of hydrogen-bond donors (Lipinski definition) is 0. The van der Waals surface area contributed by atoms with Gasteiger partial charge in [-0.3, -0.25) is 4.40 Å². The van der Waals surface area contributed by atoms with Gasteiger partial charge < -0.3 is 0 Å². The monoisotopic (exact) mass is 334 g/mol. The Kier molecular flexibility index (Phi) is 3.24. The van der Waals surface area contributed by atoms with Gasteiger partial charge in [0.1, 0.15) is 4.21 Å². The van der Waals surface area contributed by atoms with Crippen molar-refractivity contribution in [1.82, 2.24) is 18.9 Å². The van der Waals surface area contributed by atoms with Crippen molar-refractivity contribution < 1.29 is 8.42 Å². The van der Waals surface area contributed by atoms with Gasteiger partial charge >= 0.3 is 0 Å². The van der Waals surface area contributed by atoms with Crippen LogP contribution in [-0.4, -0.2) is 33.9 Å². The van der Waals surface area contributed by atoms with Crippen LogP contribution in [0.15, 0.2) is 46.1 Å². The number of sulfonamides is 1. The van der Waals surface area contributed by atoms with Crippen molar-refractivity contribution in [3.8, 4) is 0 Å². The highest BCUT2D eigenvalue weighted by Crippen LogP contribution is 2.36. The van der Waals surface area contributed by atoms with Crippen LogP contribution in [0, 0.1) is 0 Å². The molecule has 1 fully saturated rings. The van der Waals surface area contributed by atoms with Crippen LogP contribution in [0.3, 0.4) is 0 Å². The van der Waals surface area contributed by atoms with E-state index in [1.807, 2.05) is 28.8 Å². The Bertz CT molecular complexity index is 902. The van der Waals surface area contributed by atoms with Gasteiger partial charge in [0.05, 0.1) is 6.04 Å². The molecule has 1 saturated heterocycles. The molecule has 0 aromatic carbocycles. The largest absolute Gasteiger partial charge is 0.285 e. The third kappa shape index (κ3) is 2.06. The topological polar surface area (TPSA) is 67.6 Å². The lowest BCUT2D eigenvalue weighted by Gasteiger charge is -2.22. The Morgan fingerprint density at radius 1 is 1.18 bits per heavy atom. The number of rotatable bonds is 3. The van der Waals surface area contributed by atoms with Crippen molar-refractivity contribution in [2.24, 2.45) is 0 Å². The number of aromatic nitrogens is 3. The van der Waals surface area contributed by atoms with Crippen LogP contribution in [0.5, 0.6) is 0 Å². The molecular formula is C14H14N4O2S2. The van der Waals surface area contributed by atoms with Gasteiger partial charge in [-0.05, 0) is 36.4 Å². The van der Waals surface area contributed by atoms with E-state index < -0.39 is 10.0 Å². The van der Waals surface area contributed by atoms with Gasteiger partial charge in [0, 0.05) is 12.7 Å². The molecule has 4 rings (SSSR count). The van der Waals surface area contributed by atoms with Crippen LogP contribution in [0.1, 0.15) is 24.7 Å². The molecule has 1 unspecified atom stereocenters. The first-order chi connectivity index (χ1) is 10.7. The fourth-order valence-corrected chi connectivity index (χ4v) is 5.67. The molecule has 4 heterocycles. The summed E-state index contributed by atoms with van der Waals surface area (Å²) in [6.45, 7) is 0.520. The van der Waals surface area contributed by atoms with Crippen LogP contribution in [0.2, 0.25) is 0 Å². The molecule has 0 spiro atoms. The van der Waals surface area contributed by atoms with E-state index in [1.54, 1.807) is 21.8 Å². The minimum atomic E-state index is -3.47. The molecule has 6 nitrogen and oxygen atoms in total. The Labute approximate surface area is 132 Å². The van der Waals surface area contributed by atoms with E-state index in [2.05, 4.69) is 10.2 Å². The van der Waals surface area contributed by atoms with Crippen LogP contribution >= 0.6 is 11.3 Å². The Hall–Kier alpha value is -1.77. The molecule has 8 heteroatoms. The Balaban J connectivity index is 1.79. The van der Waals surface area contributed by atoms with Gasteiger partial charge in [-0.1, -0.05) is 12.1 Å². The quantitative estimate of drug-likeness (QED) is 0.737. The fourth-order valence-electron chi connectivity index (χ4n) is 2.90. The molecule has 1 aliphatic heterocycles. The molecule has 3 aromatic rings. The van der Waals surface area contributed by atoms with Crippen LogP contribution < -0.4 is 0 Å². The average molecular weight is 334 g/mol. The summed E-state index contributed by atoms with van der Waals surface area (Å²) in [5, 5.41) is 10.2. The van der Waals surface area contributed by atoms with Gasteiger partial charge in [0.25, 0.3) is 10.0 Å². The lowest BCUT2D eigenvalue weighted by Crippen LogP contribution is -2.31. The maximum atomic E-state index is 12.8. The number of nitrogens with zero attached hydrogens (tertiary/aromatic N) is 4. The molecule has 3 aromatic heterocycles. The molecule has 114 valence electrons. The first kappa shape index (κ1) is 13.9. The molecule has 0 bridgehead atoms. The zero-order valence-corrected chi connectivity index (χ0v) is 13.3. The van der Waals surface area contributed by atoms with E-state index in [4.69, 9.17) is 0 Å². The molecule has 0 amide bonds. The first-order valence-electron chi connectivity index (χ1n) is 7.03. The molecular weight excluding hydrogens is 320 g/mol. The Morgan fingerprint density at radius 2 is 2.09 bits per heavy atom. The minimum absolute atomic E-state index is 0.260. The summed E-state index contributed by atoms with van der Waals surface area (Å²) in [4.78, 5) is 0. The maximum absolute atomic E-state index is 12.8. The van der Waals surface area contributed by atoms with Gasteiger partial charge in [0.2, 0.25) is 0 Å². The molecule has 1 atom stereocenters. The maximum Gasteiger partial charge on any atom is 0.253 e. The van der Waals surface area contributed by atoms with Crippen molar-refractivity contribution in [3.63, 3.8) is 0 Å². The number of thiophene rings is 1. The SMILES string of the molecule is O=S(=O)(c1cccs1)N1CCCC1c1nnc2ccccn12. The van der Waals surface area contributed by atoms with Gasteiger partial charge in [0.15, 0.2) is 11.5 Å². The molecule has 0 radical (unpaired) electrons. The summed E-state index contributed by atoms with van der Waals surface area (Å²) in [5.41, 5.74) is 0.734. The van der Waals surface area contributed by atoms with Crippen molar-refractivity contribution in [3.05, 3.63) is 47.7 Å². The normalized spacial score (nSPS) is 19.9. The first-order valence-corrected chi connectivity index (χ1v) is 9.35. The van der Waals surface area contributed by atoms with E-state index in [9.17, 15) is 8.42 Å². The van der Waals surface area contributed by atoms with E-state index in [0.717, 1.165) is 18.5 Å². The zero-order chi connectivity index (χ0) is 15.2. The van der Waals surface area contributed by atoms with Crippen LogP contribution in [0.4, 0.5) is 0 Å². The summed E-state index contributed by atoms with van der Waals surface area (Å²) in [7, 11) is -3.47. The Morgan fingerprint density at radius 3 is 2.91 bits per heavy atom. The predicted molar refractivity (Wildman–Crippen MR) is 83.2 cm³/mol. The van der Waals surface area contributed by atoms with Crippen molar-refractivity contribution in [2.45, 2.75) is 23.1 Å². The fraction of sp³-hybridized carbons (Fsp3) is 0.286. The third-order valence-corrected chi connectivity index (χ3v) is 7.18. The van der Waals surface area contributed by atoms with Crippen LogP contribution in [0.25, 0.3) is 5.65 Å². The van der Waals surface area contributed by atoms with Crippen molar-refractivity contribution in [2.75, 3.05) is 6.54 Å². The molecule has 22 heavy (non-hydrogen) atoms. The van der Waals surface area contributed by atoms with E-state index in [0.29, 0.717) is 16.6 Å². The summed E-state index contributed by atoms with van der Waals surface area (Å²) in [5.74, 6) is 0.688. The summed E-state index contributed by atoms with van der Waals surface area (Å²) >= 11 is 1.25. The second kappa shape index (κ2) is 5.15. The highest BCUT2D eigenvalue weighted by Gasteiger charge is 2.39. The minimum Gasteiger partial charge on any atom is -0.285 e. The van der Waals surface area contributed by atoms with Crippen LogP contribution in [-0.2, 0) is 10.0 Å². The summed E-state index contributed by atoms with van der Waals surface area (Å²) in [6, 6.07) is 8.80. The highest BCUT2D eigenvalue weighted by molar-refractivity contribution is 7.91.